The molecule has 0 spiro atoms. The molecule has 1 unspecified atom stereocenters. The number of aromatic nitrogens is 2. The summed E-state index contributed by atoms with van der Waals surface area (Å²) >= 11 is 0. The molecule has 0 saturated carbocycles. The Kier molecular flexibility index (Phi) is 5.02. The summed E-state index contributed by atoms with van der Waals surface area (Å²) in [6, 6.07) is 11.1. The molecule has 3 heterocycles. The van der Waals surface area contributed by atoms with Crippen LogP contribution in [0.1, 0.15) is 24.3 Å². The summed E-state index contributed by atoms with van der Waals surface area (Å²) in [4.78, 5) is 26.8. The van der Waals surface area contributed by atoms with Crippen molar-refractivity contribution in [1.29, 1.82) is 0 Å². The van der Waals surface area contributed by atoms with Crippen LogP contribution < -0.4 is 10.9 Å². The van der Waals surface area contributed by atoms with Gasteiger partial charge in [-0.15, -0.1) is 0 Å². The molecule has 4 rings (SSSR count). The first kappa shape index (κ1) is 17.5. The smallest absolute Gasteiger partial charge is 0.272 e. The number of nitrogens with one attached hydrogen (secondary N) is 2. The fourth-order valence-electron chi connectivity index (χ4n) is 3.66. The van der Waals surface area contributed by atoms with Gasteiger partial charge in [-0.1, -0.05) is 18.2 Å². The predicted molar refractivity (Wildman–Crippen MR) is 101 cm³/mol. The minimum absolute atomic E-state index is 0.0243. The van der Waals surface area contributed by atoms with Crippen LogP contribution in [0.4, 0.5) is 0 Å². The van der Waals surface area contributed by atoms with Gasteiger partial charge in [0.2, 0.25) is 5.91 Å². The van der Waals surface area contributed by atoms with E-state index in [4.69, 9.17) is 4.42 Å². The second-order valence-corrected chi connectivity index (χ2v) is 6.92. The number of furan rings is 1. The van der Waals surface area contributed by atoms with Crippen molar-refractivity contribution in [2.24, 2.45) is 5.92 Å². The van der Waals surface area contributed by atoms with Crippen LogP contribution in [-0.2, 0) is 17.9 Å². The lowest BCUT2D eigenvalue weighted by Crippen LogP contribution is -2.42. The van der Waals surface area contributed by atoms with Crippen molar-refractivity contribution in [3.63, 3.8) is 0 Å². The highest BCUT2D eigenvalue weighted by atomic mass is 16.3. The molecule has 1 amide bonds. The van der Waals surface area contributed by atoms with Gasteiger partial charge >= 0.3 is 0 Å². The van der Waals surface area contributed by atoms with Gasteiger partial charge in [0.05, 0.1) is 36.4 Å². The van der Waals surface area contributed by atoms with Gasteiger partial charge in [-0.2, -0.15) is 5.10 Å². The van der Waals surface area contributed by atoms with E-state index >= 15 is 0 Å². The number of likely N-dealkylation sites (tertiary alicyclic amines) is 1. The first-order valence-corrected chi connectivity index (χ1v) is 9.19. The molecular weight excluding hydrogens is 344 g/mol. The van der Waals surface area contributed by atoms with Gasteiger partial charge in [-0.25, -0.2) is 5.10 Å². The average molecular weight is 366 g/mol. The third kappa shape index (κ3) is 3.93. The number of aromatic amines is 1. The van der Waals surface area contributed by atoms with Crippen LogP contribution in [0.5, 0.6) is 0 Å². The Morgan fingerprint density at radius 1 is 1.26 bits per heavy atom. The Morgan fingerprint density at radius 3 is 2.93 bits per heavy atom. The number of carbonyl (C=O) groups excluding carboxylic acids is 1. The van der Waals surface area contributed by atoms with Crippen molar-refractivity contribution in [3.05, 3.63) is 64.5 Å². The van der Waals surface area contributed by atoms with Gasteiger partial charge < -0.3 is 9.73 Å². The maximum atomic E-state index is 12.7. The van der Waals surface area contributed by atoms with Gasteiger partial charge in [0.25, 0.3) is 5.56 Å². The number of rotatable bonds is 5. The molecule has 2 aromatic heterocycles. The fourth-order valence-corrected chi connectivity index (χ4v) is 3.66. The highest BCUT2D eigenvalue weighted by molar-refractivity contribution is 5.84. The van der Waals surface area contributed by atoms with E-state index in [1.165, 1.54) is 0 Å². The van der Waals surface area contributed by atoms with Crippen LogP contribution in [-0.4, -0.2) is 34.1 Å². The lowest BCUT2D eigenvalue weighted by atomic mass is 9.97. The Labute approximate surface area is 156 Å². The van der Waals surface area contributed by atoms with Crippen LogP contribution in [0, 0.1) is 5.92 Å². The molecule has 1 aliphatic heterocycles. The zero-order chi connectivity index (χ0) is 18.6. The number of hydrogen-bond acceptors (Lipinski definition) is 5. The highest BCUT2D eigenvalue weighted by Gasteiger charge is 2.26. The van der Waals surface area contributed by atoms with Crippen LogP contribution in [0.15, 0.2) is 51.9 Å². The fraction of sp³-hybridized carbons (Fsp3) is 0.350. The Balaban J connectivity index is 1.39. The molecule has 1 atom stereocenters. The maximum absolute atomic E-state index is 12.7. The minimum Gasteiger partial charge on any atom is -0.468 e. The minimum atomic E-state index is -0.221. The molecule has 0 bridgehead atoms. The zero-order valence-electron chi connectivity index (χ0n) is 15.0. The third-order valence-corrected chi connectivity index (χ3v) is 5.04. The quantitative estimate of drug-likeness (QED) is 0.721. The van der Waals surface area contributed by atoms with E-state index in [1.54, 1.807) is 12.3 Å². The first-order chi connectivity index (χ1) is 13.2. The number of nitrogens with zero attached hydrogens (tertiary/aromatic N) is 2. The van der Waals surface area contributed by atoms with Gasteiger partial charge in [0, 0.05) is 11.9 Å². The van der Waals surface area contributed by atoms with Crippen molar-refractivity contribution in [1.82, 2.24) is 20.4 Å². The number of fused-ring (bicyclic) bond motifs is 1. The summed E-state index contributed by atoms with van der Waals surface area (Å²) in [6.07, 6.45) is 3.53. The summed E-state index contributed by atoms with van der Waals surface area (Å²) in [6.45, 7) is 2.70. The van der Waals surface area contributed by atoms with Crippen molar-refractivity contribution < 1.29 is 9.21 Å². The van der Waals surface area contributed by atoms with Gasteiger partial charge in [0.1, 0.15) is 5.76 Å². The van der Waals surface area contributed by atoms with Crippen LogP contribution in [0.2, 0.25) is 0 Å². The second kappa shape index (κ2) is 7.75. The summed E-state index contributed by atoms with van der Waals surface area (Å²) in [5.41, 5.74) is 0.448. The number of piperidine rings is 1. The standard InChI is InChI=1S/C20H22N4O3/c25-19(14-5-3-9-24(12-14)13-15-6-4-10-27-15)21-11-18-16-7-1-2-8-17(16)20(26)23-22-18/h1-2,4,6-8,10,14H,3,5,9,11-13H2,(H,21,25)(H,23,26). The van der Waals surface area contributed by atoms with Gasteiger partial charge in [-0.05, 0) is 37.6 Å². The molecule has 0 radical (unpaired) electrons. The molecular formula is C20H22N4O3. The summed E-state index contributed by atoms with van der Waals surface area (Å²) in [5, 5.41) is 11.0. The maximum Gasteiger partial charge on any atom is 0.272 e. The zero-order valence-corrected chi connectivity index (χ0v) is 15.0. The molecule has 1 aliphatic rings. The highest BCUT2D eigenvalue weighted by Crippen LogP contribution is 2.19. The average Bonchev–Trinajstić information content (AvgIpc) is 3.21. The molecule has 27 heavy (non-hydrogen) atoms. The first-order valence-electron chi connectivity index (χ1n) is 9.19. The van der Waals surface area contributed by atoms with Crippen molar-refractivity contribution in [2.75, 3.05) is 13.1 Å². The Bertz CT molecular complexity index is 980. The monoisotopic (exact) mass is 366 g/mol. The topological polar surface area (TPSA) is 91.2 Å². The molecule has 1 fully saturated rings. The molecule has 140 valence electrons. The van der Waals surface area contributed by atoms with E-state index in [9.17, 15) is 9.59 Å². The van der Waals surface area contributed by atoms with Gasteiger partial charge in [-0.3, -0.25) is 14.5 Å². The number of hydrogen-bond donors (Lipinski definition) is 2. The van der Waals surface area contributed by atoms with E-state index in [0.717, 1.165) is 37.1 Å². The van der Waals surface area contributed by atoms with Crippen molar-refractivity contribution >= 4 is 16.7 Å². The van der Waals surface area contributed by atoms with E-state index < -0.39 is 0 Å². The summed E-state index contributed by atoms with van der Waals surface area (Å²) in [5.74, 6) is 0.888. The molecule has 1 saturated heterocycles. The molecule has 2 N–H and O–H groups in total. The number of benzene rings is 1. The number of amides is 1. The van der Waals surface area contributed by atoms with Crippen LogP contribution in [0.3, 0.4) is 0 Å². The summed E-state index contributed by atoms with van der Waals surface area (Å²) in [7, 11) is 0. The number of carbonyl (C=O) groups is 1. The van der Waals surface area contributed by atoms with E-state index in [1.807, 2.05) is 30.3 Å². The lowest BCUT2D eigenvalue weighted by molar-refractivity contribution is -0.127. The van der Waals surface area contributed by atoms with Crippen molar-refractivity contribution in [3.8, 4) is 0 Å². The predicted octanol–water partition coefficient (Wildman–Crippen LogP) is 2.04. The largest absolute Gasteiger partial charge is 0.468 e. The summed E-state index contributed by atoms with van der Waals surface area (Å²) < 4.78 is 5.41. The second-order valence-electron chi connectivity index (χ2n) is 6.92. The lowest BCUT2D eigenvalue weighted by Gasteiger charge is -2.31. The molecule has 3 aromatic rings. The molecule has 7 nitrogen and oxygen atoms in total. The van der Waals surface area contributed by atoms with Crippen LogP contribution in [0.25, 0.3) is 10.8 Å². The molecule has 7 heteroatoms. The van der Waals surface area contributed by atoms with Crippen molar-refractivity contribution in [2.45, 2.75) is 25.9 Å². The van der Waals surface area contributed by atoms with Gasteiger partial charge in [0.15, 0.2) is 0 Å². The SMILES string of the molecule is O=C(NCc1n[nH]c(=O)c2ccccc12)C1CCCN(Cc2ccco2)C1. The van der Waals surface area contributed by atoms with E-state index in [2.05, 4.69) is 20.4 Å². The molecule has 0 aliphatic carbocycles. The third-order valence-electron chi connectivity index (χ3n) is 5.04. The van der Waals surface area contributed by atoms with Crippen LogP contribution >= 0.6 is 0 Å². The molecule has 1 aromatic carbocycles. The van der Waals surface area contributed by atoms with E-state index in [-0.39, 0.29) is 17.4 Å². The number of H-pyrrole nitrogens is 1. The normalized spacial score (nSPS) is 17.9. The van der Waals surface area contributed by atoms with E-state index in [0.29, 0.717) is 24.2 Å². The Hall–Kier alpha value is -2.93. The Morgan fingerprint density at radius 2 is 2.11 bits per heavy atom.